The molecule has 2 aromatic heterocycles. The Morgan fingerprint density at radius 2 is 2.10 bits per heavy atom. The van der Waals surface area contributed by atoms with Gasteiger partial charge in [0, 0.05) is 12.4 Å². The molecule has 2 rings (SSSR count). The molecule has 0 amide bonds. The van der Waals surface area contributed by atoms with Crippen molar-refractivity contribution >= 4 is 6.01 Å². The monoisotopic (exact) mass is 275 g/mol. The third-order valence-electron chi connectivity index (χ3n) is 2.82. The fourth-order valence-electron chi connectivity index (χ4n) is 1.75. The molecule has 0 fully saturated rings. The van der Waals surface area contributed by atoms with Crippen molar-refractivity contribution in [3.05, 3.63) is 36.0 Å². The van der Waals surface area contributed by atoms with Crippen LogP contribution in [-0.4, -0.2) is 21.7 Å². The molecule has 0 radical (unpaired) electrons. The smallest absolute Gasteiger partial charge is 0.315 e. The zero-order valence-electron chi connectivity index (χ0n) is 12.1. The lowest BCUT2D eigenvalue weighted by Gasteiger charge is -2.11. The van der Waals surface area contributed by atoms with Crippen LogP contribution in [0, 0.1) is 5.92 Å². The fraction of sp³-hybridized carbons (Fsp3) is 0.500. The van der Waals surface area contributed by atoms with Crippen LogP contribution in [0.3, 0.4) is 0 Å². The van der Waals surface area contributed by atoms with Crippen molar-refractivity contribution in [1.82, 2.24) is 20.5 Å². The van der Waals surface area contributed by atoms with Crippen molar-refractivity contribution in [3.8, 4) is 0 Å². The Labute approximate surface area is 119 Å². The van der Waals surface area contributed by atoms with Gasteiger partial charge >= 0.3 is 6.01 Å². The van der Waals surface area contributed by atoms with Gasteiger partial charge in [-0.3, -0.25) is 4.98 Å². The van der Waals surface area contributed by atoms with Gasteiger partial charge in [0.25, 0.3) is 0 Å². The molecule has 6 heteroatoms. The van der Waals surface area contributed by atoms with E-state index in [1.54, 1.807) is 6.20 Å². The van der Waals surface area contributed by atoms with E-state index in [-0.39, 0.29) is 6.04 Å². The van der Waals surface area contributed by atoms with E-state index in [9.17, 15) is 0 Å². The van der Waals surface area contributed by atoms with Crippen molar-refractivity contribution < 1.29 is 4.42 Å². The third kappa shape index (κ3) is 4.31. The van der Waals surface area contributed by atoms with Crippen molar-refractivity contribution in [1.29, 1.82) is 0 Å². The summed E-state index contributed by atoms with van der Waals surface area (Å²) in [6, 6.07) is 4.41. The van der Waals surface area contributed by atoms with Crippen molar-refractivity contribution in [2.24, 2.45) is 5.92 Å². The highest BCUT2D eigenvalue weighted by Crippen LogP contribution is 2.17. The Hall–Kier alpha value is -1.95. The molecule has 0 aliphatic heterocycles. The molecule has 0 aromatic carbocycles. The van der Waals surface area contributed by atoms with Crippen LogP contribution in [0.25, 0.3) is 0 Å². The molecule has 0 spiro atoms. The molecule has 2 N–H and O–H groups in total. The van der Waals surface area contributed by atoms with Gasteiger partial charge in [-0.25, -0.2) is 0 Å². The lowest BCUT2D eigenvalue weighted by molar-refractivity contribution is 0.456. The van der Waals surface area contributed by atoms with E-state index in [4.69, 9.17) is 4.42 Å². The molecule has 2 aromatic rings. The van der Waals surface area contributed by atoms with E-state index < -0.39 is 0 Å². The van der Waals surface area contributed by atoms with Gasteiger partial charge in [-0.05, 0) is 31.0 Å². The summed E-state index contributed by atoms with van der Waals surface area (Å²) in [5.74, 6) is 1.19. The molecule has 6 nitrogen and oxygen atoms in total. The van der Waals surface area contributed by atoms with E-state index >= 15 is 0 Å². The summed E-state index contributed by atoms with van der Waals surface area (Å²) in [4.78, 5) is 4.09. The van der Waals surface area contributed by atoms with E-state index in [1.807, 2.05) is 25.3 Å². The average molecular weight is 275 g/mol. The number of aromatic nitrogens is 3. The third-order valence-corrected chi connectivity index (χ3v) is 2.82. The molecular formula is C14H21N5O. The molecule has 2 heterocycles. The molecule has 20 heavy (non-hydrogen) atoms. The average Bonchev–Trinajstić information content (AvgIpc) is 2.87. The number of hydrogen-bond donors (Lipinski definition) is 2. The standard InChI is InChI=1S/C14H21N5O/c1-10(2)7-16-9-13-18-19-14(20-13)17-11(3)12-5-4-6-15-8-12/h4-6,8,10-11,16H,7,9H2,1-3H3,(H,17,19). The first-order chi connectivity index (χ1) is 9.65. The minimum absolute atomic E-state index is 0.0700. The lowest BCUT2D eigenvalue weighted by Crippen LogP contribution is -2.19. The summed E-state index contributed by atoms with van der Waals surface area (Å²) < 4.78 is 5.54. The molecule has 1 atom stereocenters. The lowest BCUT2D eigenvalue weighted by atomic mass is 10.1. The van der Waals surface area contributed by atoms with Gasteiger partial charge in [0.15, 0.2) is 0 Å². The van der Waals surface area contributed by atoms with Crippen LogP contribution in [-0.2, 0) is 6.54 Å². The van der Waals surface area contributed by atoms with Crippen molar-refractivity contribution in [2.45, 2.75) is 33.4 Å². The maximum atomic E-state index is 5.54. The summed E-state index contributed by atoms with van der Waals surface area (Å²) in [6.45, 7) is 7.86. The number of nitrogens with one attached hydrogen (secondary N) is 2. The Morgan fingerprint density at radius 1 is 1.25 bits per heavy atom. The van der Waals surface area contributed by atoms with Gasteiger partial charge in [0.2, 0.25) is 5.89 Å². The highest BCUT2D eigenvalue weighted by atomic mass is 16.4. The van der Waals surface area contributed by atoms with Gasteiger partial charge in [-0.2, -0.15) is 0 Å². The normalized spacial score (nSPS) is 12.6. The summed E-state index contributed by atoms with van der Waals surface area (Å²) in [7, 11) is 0. The van der Waals surface area contributed by atoms with Gasteiger partial charge in [0.1, 0.15) is 0 Å². The molecule has 0 bridgehead atoms. The number of rotatable bonds is 7. The topological polar surface area (TPSA) is 75.9 Å². The largest absolute Gasteiger partial charge is 0.407 e. The predicted molar refractivity (Wildman–Crippen MR) is 77.1 cm³/mol. The van der Waals surface area contributed by atoms with Crippen LogP contribution in [0.1, 0.15) is 38.3 Å². The first-order valence-corrected chi connectivity index (χ1v) is 6.84. The first-order valence-electron chi connectivity index (χ1n) is 6.84. The molecular weight excluding hydrogens is 254 g/mol. The number of nitrogens with zero attached hydrogens (tertiary/aromatic N) is 3. The molecule has 108 valence electrons. The molecule has 0 saturated carbocycles. The summed E-state index contributed by atoms with van der Waals surface area (Å²) >= 11 is 0. The maximum absolute atomic E-state index is 5.54. The number of anilines is 1. The fourth-order valence-corrected chi connectivity index (χ4v) is 1.75. The highest BCUT2D eigenvalue weighted by molar-refractivity contribution is 5.26. The second-order valence-corrected chi connectivity index (χ2v) is 5.18. The second kappa shape index (κ2) is 7.00. The minimum Gasteiger partial charge on any atom is -0.407 e. The van der Waals surface area contributed by atoms with Crippen LogP contribution in [0.15, 0.2) is 28.9 Å². The van der Waals surface area contributed by atoms with E-state index in [0.717, 1.165) is 12.1 Å². The zero-order valence-corrected chi connectivity index (χ0v) is 12.1. The van der Waals surface area contributed by atoms with Crippen LogP contribution in [0.2, 0.25) is 0 Å². The van der Waals surface area contributed by atoms with Gasteiger partial charge < -0.3 is 15.1 Å². The van der Waals surface area contributed by atoms with Crippen LogP contribution in [0.5, 0.6) is 0 Å². The van der Waals surface area contributed by atoms with Crippen LogP contribution >= 0.6 is 0 Å². The summed E-state index contributed by atoms with van der Waals surface area (Å²) in [6.07, 6.45) is 3.57. The summed E-state index contributed by atoms with van der Waals surface area (Å²) in [5.41, 5.74) is 1.07. The van der Waals surface area contributed by atoms with Gasteiger partial charge in [0.05, 0.1) is 12.6 Å². The molecule has 1 unspecified atom stereocenters. The van der Waals surface area contributed by atoms with E-state index in [0.29, 0.717) is 24.4 Å². The zero-order chi connectivity index (χ0) is 14.4. The first kappa shape index (κ1) is 14.5. The van der Waals surface area contributed by atoms with Crippen molar-refractivity contribution in [2.75, 3.05) is 11.9 Å². The maximum Gasteiger partial charge on any atom is 0.315 e. The SMILES string of the molecule is CC(C)CNCc1nnc(NC(C)c2cccnc2)o1. The van der Waals surface area contributed by atoms with E-state index in [2.05, 4.69) is 39.7 Å². The quantitative estimate of drug-likeness (QED) is 0.808. The minimum atomic E-state index is 0.0700. The molecule has 0 saturated heterocycles. The summed E-state index contributed by atoms with van der Waals surface area (Å²) in [5, 5.41) is 14.4. The predicted octanol–water partition coefficient (Wildman–Crippen LogP) is 2.38. The number of pyridine rings is 1. The van der Waals surface area contributed by atoms with Crippen LogP contribution < -0.4 is 10.6 Å². The Kier molecular flexibility index (Phi) is 5.06. The van der Waals surface area contributed by atoms with Gasteiger partial charge in [-0.15, -0.1) is 5.10 Å². The Balaban J connectivity index is 1.86. The van der Waals surface area contributed by atoms with Crippen molar-refractivity contribution in [3.63, 3.8) is 0 Å². The van der Waals surface area contributed by atoms with E-state index in [1.165, 1.54) is 0 Å². The Morgan fingerprint density at radius 3 is 2.80 bits per heavy atom. The highest BCUT2D eigenvalue weighted by Gasteiger charge is 2.10. The Bertz CT molecular complexity index is 511. The van der Waals surface area contributed by atoms with Gasteiger partial charge in [-0.1, -0.05) is 25.0 Å². The molecule has 0 aliphatic carbocycles. The van der Waals surface area contributed by atoms with Crippen LogP contribution in [0.4, 0.5) is 6.01 Å². The second-order valence-electron chi connectivity index (χ2n) is 5.18. The molecule has 0 aliphatic rings. The number of hydrogen-bond acceptors (Lipinski definition) is 6.